The van der Waals surface area contributed by atoms with Crippen molar-refractivity contribution >= 4 is 35.0 Å². The molecule has 0 spiro atoms. The van der Waals surface area contributed by atoms with E-state index in [2.05, 4.69) is 17.4 Å². The number of esters is 1. The Kier molecular flexibility index (Phi) is 6.96. The lowest BCUT2D eigenvalue weighted by Crippen LogP contribution is -2.36. The second kappa shape index (κ2) is 9.74. The Bertz CT molecular complexity index is 1150. The number of hydrogen-bond donors (Lipinski definition) is 1. The molecule has 172 valence electrons. The van der Waals surface area contributed by atoms with Crippen molar-refractivity contribution in [1.29, 1.82) is 0 Å². The van der Waals surface area contributed by atoms with Gasteiger partial charge in [0.1, 0.15) is 0 Å². The molecule has 0 saturated carbocycles. The molecule has 1 aliphatic heterocycles. The predicted octanol–water partition coefficient (Wildman–Crippen LogP) is 6.70. The van der Waals surface area contributed by atoms with Gasteiger partial charge in [-0.3, -0.25) is 4.79 Å². The maximum atomic E-state index is 13.6. The van der Waals surface area contributed by atoms with Gasteiger partial charge in [0.15, 0.2) is 5.78 Å². The molecule has 3 atom stereocenters. The van der Waals surface area contributed by atoms with Crippen LogP contribution in [0, 0.1) is 0 Å². The molecule has 0 amide bonds. The Morgan fingerprint density at radius 2 is 1.82 bits per heavy atom. The van der Waals surface area contributed by atoms with Crippen LogP contribution in [0.25, 0.3) is 0 Å². The Morgan fingerprint density at radius 3 is 2.48 bits per heavy atom. The number of hydrogen-bond acceptors (Lipinski definition) is 4. The van der Waals surface area contributed by atoms with E-state index in [0.717, 1.165) is 16.8 Å². The van der Waals surface area contributed by atoms with E-state index in [1.54, 1.807) is 12.1 Å². The molecule has 4 nitrogen and oxygen atoms in total. The fourth-order valence-electron chi connectivity index (χ4n) is 4.63. The van der Waals surface area contributed by atoms with Crippen molar-refractivity contribution in [2.75, 3.05) is 0 Å². The number of nitrogens with one attached hydrogen (secondary N) is 1. The first kappa shape index (κ1) is 23.6. The molecular weight excluding hydrogens is 457 g/mol. The number of carbonyl (C=O) groups is 2. The van der Waals surface area contributed by atoms with Gasteiger partial charge in [-0.25, -0.2) is 4.79 Å². The van der Waals surface area contributed by atoms with Crippen LogP contribution in [0.1, 0.15) is 63.0 Å². The maximum Gasteiger partial charge on any atom is 0.337 e. The van der Waals surface area contributed by atoms with Crippen LogP contribution in [-0.2, 0) is 14.3 Å². The summed E-state index contributed by atoms with van der Waals surface area (Å²) in [7, 11) is 0. The minimum atomic E-state index is -0.559. The van der Waals surface area contributed by atoms with Gasteiger partial charge in [0.05, 0.1) is 21.7 Å². The van der Waals surface area contributed by atoms with Crippen LogP contribution in [0.2, 0.25) is 10.0 Å². The highest BCUT2D eigenvalue weighted by Gasteiger charge is 2.41. The average molecular weight is 484 g/mol. The molecule has 0 saturated heterocycles. The number of benzene rings is 2. The first-order chi connectivity index (χ1) is 15.8. The molecule has 0 fully saturated rings. The first-order valence-electron chi connectivity index (χ1n) is 11.2. The van der Waals surface area contributed by atoms with Gasteiger partial charge in [-0.2, -0.15) is 0 Å². The quantitative estimate of drug-likeness (QED) is 0.480. The van der Waals surface area contributed by atoms with Crippen molar-refractivity contribution < 1.29 is 14.3 Å². The molecule has 2 aromatic rings. The third-order valence-electron chi connectivity index (χ3n) is 6.48. The van der Waals surface area contributed by atoms with E-state index < -0.39 is 11.9 Å². The SMILES string of the molecule is CC[C@H](C)OC(=O)C1=C(C)NC2=C(C(=O)C[C@@H](c3ccccc3)C2)[C@H]1c1ccc(Cl)c(Cl)c1. The highest BCUT2D eigenvalue weighted by molar-refractivity contribution is 6.42. The lowest BCUT2D eigenvalue weighted by Gasteiger charge is -2.37. The van der Waals surface area contributed by atoms with Crippen molar-refractivity contribution in [3.63, 3.8) is 0 Å². The largest absolute Gasteiger partial charge is 0.459 e. The lowest BCUT2D eigenvalue weighted by atomic mass is 9.72. The second-order valence-electron chi connectivity index (χ2n) is 8.73. The van der Waals surface area contributed by atoms with Crippen molar-refractivity contribution in [2.45, 2.75) is 58.0 Å². The number of carbonyl (C=O) groups excluding carboxylic acids is 2. The Labute approximate surface area is 204 Å². The van der Waals surface area contributed by atoms with E-state index in [9.17, 15) is 9.59 Å². The maximum absolute atomic E-state index is 13.6. The highest BCUT2D eigenvalue weighted by atomic mass is 35.5. The average Bonchev–Trinajstić information content (AvgIpc) is 2.80. The number of rotatable bonds is 5. The van der Waals surface area contributed by atoms with Gasteiger partial charge in [0, 0.05) is 29.3 Å². The molecule has 6 heteroatoms. The number of dihydropyridines is 1. The normalized spacial score (nSPS) is 21.4. The second-order valence-corrected chi connectivity index (χ2v) is 9.54. The van der Waals surface area contributed by atoms with Crippen LogP contribution < -0.4 is 5.32 Å². The van der Waals surface area contributed by atoms with E-state index in [-0.39, 0.29) is 17.8 Å². The monoisotopic (exact) mass is 483 g/mol. The fraction of sp³-hybridized carbons (Fsp3) is 0.333. The summed E-state index contributed by atoms with van der Waals surface area (Å²) in [5.74, 6) is -0.873. The van der Waals surface area contributed by atoms with E-state index in [1.165, 1.54) is 0 Å². The van der Waals surface area contributed by atoms with Crippen LogP contribution in [0.3, 0.4) is 0 Å². The third-order valence-corrected chi connectivity index (χ3v) is 7.22. The number of ketones is 1. The van der Waals surface area contributed by atoms with Crippen molar-refractivity contribution in [3.05, 3.63) is 92.2 Å². The van der Waals surface area contributed by atoms with Crippen molar-refractivity contribution in [3.8, 4) is 0 Å². The van der Waals surface area contributed by atoms with Gasteiger partial charge in [0.25, 0.3) is 0 Å². The highest BCUT2D eigenvalue weighted by Crippen LogP contribution is 2.46. The predicted molar refractivity (Wildman–Crippen MR) is 131 cm³/mol. The Balaban J connectivity index is 1.80. The lowest BCUT2D eigenvalue weighted by molar-refractivity contribution is -0.144. The minimum Gasteiger partial charge on any atom is -0.459 e. The number of halogens is 2. The first-order valence-corrected chi connectivity index (χ1v) is 12.0. The zero-order valence-electron chi connectivity index (χ0n) is 19.0. The van der Waals surface area contributed by atoms with E-state index in [0.29, 0.717) is 46.2 Å². The third kappa shape index (κ3) is 4.73. The van der Waals surface area contributed by atoms with Gasteiger partial charge >= 0.3 is 5.97 Å². The van der Waals surface area contributed by atoms with Crippen LogP contribution in [0.5, 0.6) is 0 Å². The molecule has 1 N–H and O–H groups in total. The van der Waals surface area contributed by atoms with Gasteiger partial charge in [0.2, 0.25) is 0 Å². The van der Waals surface area contributed by atoms with Crippen molar-refractivity contribution in [1.82, 2.24) is 5.32 Å². The molecule has 1 heterocycles. The standard InChI is InChI=1S/C27H27Cl2NO3/c1-4-15(2)33-27(32)24-16(3)30-22-13-19(17-8-6-5-7-9-17)14-23(31)26(22)25(24)18-10-11-20(28)21(29)12-18/h5-12,15,19,25,30H,4,13-14H2,1-3H3/t15-,19-,25-/m0/s1. The molecule has 0 aromatic heterocycles. The van der Waals surface area contributed by atoms with Crippen molar-refractivity contribution in [2.24, 2.45) is 0 Å². The summed E-state index contributed by atoms with van der Waals surface area (Å²) in [6.07, 6.45) is 1.55. The Hall–Kier alpha value is -2.56. The molecule has 0 unspecified atom stereocenters. The Morgan fingerprint density at radius 1 is 1.09 bits per heavy atom. The zero-order chi connectivity index (χ0) is 23.7. The van der Waals surface area contributed by atoms with Crippen LogP contribution in [0.15, 0.2) is 71.1 Å². The topological polar surface area (TPSA) is 55.4 Å². The molecule has 2 aliphatic rings. The van der Waals surface area contributed by atoms with Gasteiger partial charge in [-0.1, -0.05) is 66.5 Å². The van der Waals surface area contributed by atoms with Crippen LogP contribution in [-0.4, -0.2) is 17.9 Å². The minimum absolute atomic E-state index is 0.0232. The smallest absolute Gasteiger partial charge is 0.337 e. The van der Waals surface area contributed by atoms with Gasteiger partial charge < -0.3 is 10.1 Å². The molecule has 0 radical (unpaired) electrons. The molecule has 33 heavy (non-hydrogen) atoms. The molecule has 4 rings (SSSR count). The number of Topliss-reactive ketones (excluding diaryl/α,β-unsaturated/α-hetero) is 1. The molecule has 1 aliphatic carbocycles. The van der Waals surface area contributed by atoms with E-state index in [1.807, 2.05) is 45.0 Å². The van der Waals surface area contributed by atoms with Gasteiger partial charge in [-0.05, 0) is 55.9 Å². The summed E-state index contributed by atoms with van der Waals surface area (Å²) in [6.45, 7) is 5.68. The number of ether oxygens (including phenoxy) is 1. The fourth-order valence-corrected chi connectivity index (χ4v) is 4.93. The van der Waals surface area contributed by atoms with Crippen LogP contribution in [0.4, 0.5) is 0 Å². The zero-order valence-corrected chi connectivity index (χ0v) is 20.5. The van der Waals surface area contributed by atoms with E-state index >= 15 is 0 Å². The van der Waals surface area contributed by atoms with Crippen LogP contribution >= 0.6 is 23.2 Å². The molecular formula is C27H27Cl2NO3. The molecule has 0 bridgehead atoms. The summed E-state index contributed by atoms with van der Waals surface area (Å²) < 4.78 is 5.69. The summed E-state index contributed by atoms with van der Waals surface area (Å²) in [4.78, 5) is 26.8. The summed E-state index contributed by atoms with van der Waals surface area (Å²) in [6, 6.07) is 15.3. The summed E-state index contributed by atoms with van der Waals surface area (Å²) >= 11 is 12.5. The summed E-state index contributed by atoms with van der Waals surface area (Å²) in [5, 5.41) is 4.18. The number of allylic oxidation sites excluding steroid dienone is 3. The van der Waals surface area contributed by atoms with Gasteiger partial charge in [-0.15, -0.1) is 0 Å². The van der Waals surface area contributed by atoms with E-state index in [4.69, 9.17) is 27.9 Å². The summed E-state index contributed by atoms with van der Waals surface area (Å²) in [5.41, 5.74) is 4.49. The molecule has 2 aromatic carbocycles.